The van der Waals surface area contributed by atoms with Crippen LogP contribution in [0.4, 0.5) is 0 Å². The smallest absolute Gasteiger partial charge is 0.254 e. The first-order chi connectivity index (χ1) is 9.34. The quantitative estimate of drug-likeness (QED) is 0.902. The third-order valence-corrected chi connectivity index (χ3v) is 5.58. The number of hydrogen-bond acceptors (Lipinski definition) is 4. The van der Waals surface area contributed by atoms with E-state index in [0.717, 1.165) is 12.1 Å². The van der Waals surface area contributed by atoms with Crippen molar-refractivity contribution in [3.05, 3.63) is 17.5 Å². The molecule has 1 N–H and O–H groups in total. The van der Waals surface area contributed by atoms with Crippen molar-refractivity contribution in [1.29, 1.82) is 0 Å². The summed E-state index contributed by atoms with van der Waals surface area (Å²) >= 11 is 0. The van der Waals surface area contributed by atoms with E-state index < -0.39 is 9.84 Å². The average Bonchev–Trinajstić information content (AvgIpc) is 2.91. The molecule has 2 heterocycles. The molecule has 2 rings (SSSR count). The molecule has 1 aromatic rings. The van der Waals surface area contributed by atoms with Crippen LogP contribution >= 0.6 is 0 Å². The van der Waals surface area contributed by atoms with Crippen LogP contribution in [0, 0.1) is 6.92 Å². The number of aromatic nitrogens is 2. The molecule has 0 bridgehead atoms. The molecule has 1 amide bonds. The van der Waals surface area contributed by atoms with Crippen molar-refractivity contribution in [3.63, 3.8) is 0 Å². The maximum atomic E-state index is 12.1. The molecule has 6 nitrogen and oxygen atoms in total. The van der Waals surface area contributed by atoms with Crippen LogP contribution in [0.5, 0.6) is 0 Å². The van der Waals surface area contributed by atoms with Crippen molar-refractivity contribution in [2.24, 2.45) is 0 Å². The standard InChI is InChI=1S/C13H21N3O3S/c1-4-9(2)15-13(17)12-7-14-16(10(12)3)11-5-6-20(18,19)8-11/h7,9,11H,4-6,8H2,1-3H3,(H,15,17). The summed E-state index contributed by atoms with van der Waals surface area (Å²) in [6.45, 7) is 5.76. The van der Waals surface area contributed by atoms with Gasteiger partial charge in [-0.15, -0.1) is 0 Å². The normalized spacial score (nSPS) is 22.6. The number of carbonyl (C=O) groups excluding carboxylic acids is 1. The molecule has 0 aromatic carbocycles. The molecular formula is C13H21N3O3S. The van der Waals surface area contributed by atoms with Crippen LogP contribution < -0.4 is 5.32 Å². The lowest BCUT2D eigenvalue weighted by Gasteiger charge is -2.13. The van der Waals surface area contributed by atoms with Gasteiger partial charge in [0.05, 0.1) is 29.3 Å². The Bertz CT molecular complexity index is 606. The van der Waals surface area contributed by atoms with Gasteiger partial charge in [0.1, 0.15) is 0 Å². The van der Waals surface area contributed by atoms with Gasteiger partial charge in [0.25, 0.3) is 5.91 Å². The fraction of sp³-hybridized carbons (Fsp3) is 0.692. The number of sulfone groups is 1. The van der Waals surface area contributed by atoms with E-state index in [4.69, 9.17) is 0 Å². The van der Waals surface area contributed by atoms with E-state index >= 15 is 0 Å². The zero-order chi connectivity index (χ0) is 14.9. The fourth-order valence-electron chi connectivity index (χ4n) is 2.39. The van der Waals surface area contributed by atoms with E-state index in [0.29, 0.717) is 12.0 Å². The van der Waals surface area contributed by atoms with Gasteiger partial charge < -0.3 is 5.32 Å². The highest BCUT2D eigenvalue weighted by atomic mass is 32.2. The predicted octanol–water partition coefficient (Wildman–Crippen LogP) is 1.08. The van der Waals surface area contributed by atoms with E-state index in [1.54, 1.807) is 4.68 Å². The largest absolute Gasteiger partial charge is 0.349 e. The molecule has 1 fully saturated rings. The molecule has 1 saturated heterocycles. The Morgan fingerprint density at radius 2 is 2.30 bits per heavy atom. The number of hydrogen-bond donors (Lipinski definition) is 1. The minimum Gasteiger partial charge on any atom is -0.349 e. The summed E-state index contributed by atoms with van der Waals surface area (Å²) in [4.78, 5) is 12.1. The molecule has 1 aliphatic heterocycles. The summed E-state index contributed by atoms with van der Waals surface area (Å²) < 4.78 is 24.7. The monoisotopic (exact) mass is 299 g/mol. The summed E-state index contributed by atoms with van der Waals surface area (Å²) in [5, 5.41) is 7.11. The van der Waals surface area contributed by atoms with Crippen LogP contribution in [-0.2, 0) is 9.84 Å². The molecule has 2 unspecified atom stereocenters. The molecule has 1 aromatic heterocycles. The summed E-state index contributed by atoms with van der Waals surface area (Å²) in [5.41, 5.74) is 1.25. The van der Waals surface area contributed by atoms with Crippen molar-refractivity contribution >= 4 is 15.7 Å². The van der Waals surface area contributed by atoms with Gasteiger partial charge in [0.2, 0.25) is 0 Å². The molecule has 0 radical (unpaired) electrons. The number of nitrogens with zero attached hydrogens (tertiary/aromatic N) is 2. The SMILES string of the molecule is CCC(C)NC(=O)c1cnn(C2CCS(=O)(=O)C2)c1C. The first kappa shape index (κ1) is 15.0. The van der Waals surface area contributed by atoms with Gasteiger partial charge >= 0.3 is 0 Å². The topological polar surface area (TPSA) is 81.1 Å². The number of amides is 1. The molecule has 0 saturated carbocycles. The molecule has 112 valence electrons. The molecule has 2 atom stereocenters. The molecule has 7 heteroatoms. The van der Waals surface area contributed by atoms with E-state index in [-0.39, 0.29) is 29.5 Å². The summed E-state index contributed by atoms with van der Waals surface area (Å²) in [5.74, 6) is 0.164. The second-order valence-corrected chi connectivity index (χ2v) is 7.66. The Hall–Kier alpha value is -1.37. The zero-order valence-electron chi connectivity index (χ0n) is 12.1. The van der Waals surface area contributed by atoms with Crippen LogP contribution in [0.1, 0.15) is 48.8 Å². The van der Waals surface area contributed by atoms with E-state index in [1.165, 1.54) is 6.20 Å². The Labute approximate surface area is 119 Å². The Kier molecular flexibility index (Phi) is 4.17. The van der Waals surface area contributed by atoms with Gasteiger partial charge in [-0.3, -0.25) is 9.48 Å². The van der Waals surface area contributed by atoms with Crippen LogP contribution in [0.25, 0.3) is 0 Å². The summed E-state index contributed by atoms with van der Waals surface area (Å²) in [6, 6.07) is -0.0396. The Balaban J connectivity index is 2.17. The lowest BCUT2D eigenvalue weighted by molar-refractivity contribution is 0.0938. The van der Waals surface area contributed by atoms with Crippen LogP contribution in [0.3, 0.4) is 0 Å². The van der Waals surface area contributed by atoms with Crippen molar-refractivity contribution < 1.29 is 13.2 Å². The van der Waals surface area contributed by atoms with Gasteiger partial charge in [-0.2, -0.15) is 5.10 Å². The first-order valence-electron chi connectivity index (χ1n) is 6.89. The summed E-state index contributed by atoms with van der Waals surface area (Å²) in [6.07, 6.45) is 2.95. The van der Waals surface area contributed by atoms with Crippen LogP contribution in [0.2, 0.25) is 0 Å². The third kappa shape index (κ3) is 3.03. The van der Waals surface area contributed by atoms with Crippen molar-refractivity contribution in [3.8, 4) is 0 Å². The summed E-state index contributed by atoms with van der Waals surface area (Å²) in [7, 11) is -2.96. The lowest BCUT2D eigenvalue weighted by Crippen LogP contribution is -2.32. The van der Waals surface area contributed by atoms with E-state index in [1.807, 2.05) is 20.8 Å². The van der Waals surface area contributed by atoms with Crippen LogP contribution in [0.15, 0.2) is 6.20 Å². The van der Waals surface area contributed by atoms with Crippen LogP contribution in [-0.4, -0.2) is 41.7 Å². The maximum Gasteiger partial charge on any atom is 0.254 e. The minimum atomic E-state index is -2.96. The molecule has 0 aliphatic carbocycles. The average molecular weight is 299 g/mol. The molecular weight excluding hydrogens is 278 g/mol. The molecule has 1 aliphatic rings. The minimum absolute atomic E-state index is 0.108. The van der Waals surface area contributed by atoms with Gasteiger partial charge in [-0.25, -0.2) is 8.42 Å². The Morgan fingerprint density at radius 3 is 2.85 bits per heavy atom. The lowest BCUT2D eigenvalue weighted by atomic mass is 10.2. The van der Waals surface area contributed by atoms with Crippen molar-refractivity contribution in [2.45, 2.75) is 45.7 Å². The highest BCUT2D eigenvalue weighted by molar-refractivity contribution is 7.91. The fourth-order valence-corrected chi connectivity index (χ4v) is 4.08. The van der Waals surface area contributed by atoms with Gasteiger partial charge in [-0.1, -0.05) is 6.92 Å². The van der Waals surface area contributed by atoms with Crippen molar-refractivity contribution in [1.82, 2.24) is 15.1 Å². The molecule has 20 heavy (non-hydrogen) atoms. The second-order valence-electron chi connectivity index (χ2n) is 5.43. The zero-order valence-corrected chi connectivity index (χ0v) is 12.9. The highest BCUT2D eigenvalue weighted by Crippen LogP contribution is 2.25. The van der Waals surface area contributed by atoms with E-state index in [2.05, 4.69) is 10.4 Å². The second kappa shape index (κ2) is 5.55. The number of nitrogens with one attached hydrogen (secondary N) is 1. The van der Waals surface area contributed by atoms with Gasteiger partial charge in [0.15, 0.2) is 9.84 Å². The maximum absolute atomic E-state index is 12.1. The van der Waals surface area contributed by atoms with E-state index in [9.17, 15) is 13.2 Å². The highest BCUT2D eigenvalue weighted by Gasteiger charge is 2.31. The first-order valence-corrected chi connectivity index (χ1v) is 8.71. The van der Waals surface area contributed by atoms with Gasteiger partial charge in [-0.05, 0) is 26.7 Å². The Morgan fingerprint density at radius 1 is 1.60 bits per heavy atom. The molecule has 0 spiro atoms. The van der Waals surface area contributed by atoms with Gasteiger partial charge in [0, 0.05) is 11.7 Å². The predicted molar refractivity (Wildman–Crippen MR) is 76.5 cm³/mol. The van der Waals surface area contributed by atoms with Crippen molar-refractivity contribution in [2.75, 3.05) is 11.5 Å². The number of carbonyl (C=O) groups is 1. The third-order valence-electron chi connectivity index (χ3n) is 3.83. The number of rotatable bonds is 4.